The molecule has 0 bridgehead atoms. The fourth-order valence-corrected chi connectivity index (χ4v) is 6.44. The van der Waals surface area contributed by atoms with Gasteiger partial charge in [0, 0.05) is 40.4 Å². The highest BCUT2D eigenvalue weighted by Gasteiger charge is 2.47. The van der Waals surface area contributed by atoms with Crippen LogP contribution in [-0.2, 0) is 4.74 Å². The topological polar surface area (TPSA) is 101 Å². The highest BCUT2D eigenvalue weighted by atomic mass is 35.5. The first-order valence-electron chi connectivity index (χ1n) is 10.8. The zero-order valence-corrected chi connectivity index (χ0v) is 20.5. The van der Waals surface area contributed by atoms with E-state index in [9.17, 15) is 0 Å². The van der Waals surface area contributed by atoms with Gasteiger partial charge in [-0.25, -0.2) is 15.0 Å². The standard InChI is InChI=1S/C23H23ClN6OS2/c1-14-21(26)23(13-31-14)5-7-30(8-6-23)18-10-28-19(11-27-18)33-17-4-2-3-16(20(17)24)22-29-15(9-25)12-32-22/h2-4,10-12,14,21H,5-8,13,26H2,1H3/t14-,21+/m0/s1. The van der Waals surface area contributed by atoms with Crippen LogP contribution in [0.3, 0.4) is 0 Å². The van der Waals surface area contributed by atoms with Gasteiger partial charge in [0.05, 0.1) is 30.1 Å². The largest absolute Gasteiger partial charge is 0.376 e. The van der Waals surface area contributed by atoms with Crippen LogP contribution in [0.5, 0.6) is 0 Å². The predicted octanol–water partition coefficient (Wildman–Crippen LogP) is 4.61. The van der Waals surface area contributed by atoms with Crippen LogP contribution < -0.4 is 10.6 Å². The first-order chi connectivity index (χ1) is 16.0. The molecule has 2 aliphatic heterocycles. The lowest BCUT2D eigenvalue weighted by atomic mass is 9.73. The zero-order valence-electron chi connectivity index (χ0n) is 18.1. The molecule has 0 saturated carbocycles. The Bertz CT molecular complexity index is 1190. The maximum atomic E-state index is 9.04. The summed E-state index contributed by atoms with van der Waals surface area (Å²) in [5, 5.41) is 12.9. The number of benzene rings is 1. The molecule has 3 aromatic rings. The fourth-order valence-electron chi connectivity index (χ4n) is 4.50. The molecule has 2 fully saturated rings. The summed E-state index contributed by atoms with van der Waals surface area (Å²) >= 11 is 9.53. The molecular weight excluding hydrogens is 476 g/mol. The molecule has 2 N–H and O–H groups in total. The lowest BCUT2D eigenvalue weighted by molar-refractivity contribution is 0.0974. The smallest absolute Gasteiger partial charge is 0.152 e. The van der Waals surface area contributed by atoms with Crippen molar-refractivity contribution in [3.05, 3.63) is 46.7 Å². The minimum absolute atomic E-state index is 0.0896. The number of rotatable bonds is 4. The Morgan fingerprint density at radius 1 is 1.30 bits per heavy atom. The third-order valence-corrected chi connectivity index (χ3v) is 8.95. The Labute approximate surface area is 206 Å². The predicted molar refractivity (Wildman–Crippen MR) is 131 cm³/mol. The Morgan fingerprint density at radius 3 is 2.76 bits per heavy atom. The minimum atomic E-state index is 0.0896. The second-order valence-electron chi connectivity index (χ2n) is 8.47. The molecule has 1 spiro atoms. The van der Waals surface area contributed by atoms with E-state index < -0.39 is 0 Å². The summed E-state index contributed by atoms with van der Waals surface area (Å²) in [6, 6.07) is 7.94. The average molecular weight is 499 g/mol. The van der Waals surface area contributed by atoms with Gasteiger partial charge in [0.2, 0.25) is 0 Å². The summed E-state index contributed by atoms with van der Waals surface area (Å²) in [5.41, 5.74) is 7.72. The number of nitrogens with zero attached hydrogens (tertiary/aromatic N) is 5. The molecule has 0 radical (unpaired) electrons. The van der Waals surface area contributed by atoms with E-state index in [1.807, 2.05) is 24.4 Å². The zero-order chi connectivity index (χ0) is 23.0. The molecule has 2 aromatic heterocycles. The summed E-state index contributed by atoms with van der Waals surface area (Å²) in [7, 11) is 0. The van der Waals surface area contributed by atoms with Gasteiger partial charge in [0.15, 0.2) is 5.69 Å². The molecule has 4 heterocycles. The molecule has 1 aromatic carbocycles. The quantitative estimate of drug-likeness (QED) is 0.556. The van der Waals surface area contributed by atoms with Crippen molar-refractivity contribution in [2.24, 2.45) is 11.1 Å². The van der Waals surface area contributed by atoms with Gasteiger partial charge in [-0.3, -0.25) is 0 Å². The first kappa shape index (κ1) is 22.6. The van der Waals surface area contributed by atoms with E-state index >= 15 is 0 Å². The number of piperidine rings is 1. The number of nitrogens with two attached hydrogens (primary N) is 1. The second-order valence-corrected chi connectivity index (χ2v) is 10.8. The van der Waals surface area contributed by atoms with E-state index in [4.69, 9.17) is 27.3 Å². The Morgan fingerprint density at radius 2 is 2.12 bits per heavy atom. The molecule has 2 saturated heterocycles. The highest BCUT2D eigenvalue weighted by molar-refractivity contribution is 7.99. The average Bonchev–Trinajstić information content (AvgIpc) is 3.43. The van der Waals surface area contributed by atoms with Gasteiger partial charge in [-0.2, -0.15) is 5.26 Å². The summed E-state index contributed by atoms with van der Waals surface area (Å²) < 4.78 is 5.82. The maximum Gasteiger partial charge on any atom is 0.152 e. The van der Waals surface area contributed by atoms with Gasteiger partial charge in [0.25, 0.3) is 0 Å². The fraction of sp³-hybridized carbons (Fsp3) is 0.391. The van der Waals surface area contributed by atoms with E-state index in [0.717, 1.165) is 58.8 Å². The number of ether oxygens (including phenoxy) is 1. The lowest BCUT2D eigenvalue weighted by Gasteiger charge is -2.41. The molecule has 7 nitrogen and oxygen atoms in total. The van der Waals surface area contributed by atoms with Gasteiger partial charge in [-0.1, -0.05) is 35.5 Å². The van der Waals surface area contributed by atoms with Crippen molar-refractivity contribution in [2.75, 3.05) is 24.6 Å². The first-order valence-corrected chi connectivity index (χ1v) is 12.8. The molecule has 0 unspecified atom stereocenters. The van der Waals surface area contributed by atoms with Crippen molar-refractivity contribution in [2.45, 2.75) is 41.8 Å². The normalized spacial score (nSPS) is 21.9. The molecule has 0 aliphatic carbocycles. The number of anilines is 1. The van der Waals surface area contributed by atoms with E-state index in [-0.39, 0.29) is 17.6 Å². The lowest BCUT2D eigenvalue weighted by Crippen LogP contribution is -2.50. The van der Waals surface area contributed by atoms with Gasteiger partial charge in [-0.05, 0) is 25.8 Å². The van der Waals surface area contributed by atoms with Gasteiger partial charge in [-0.15, -0.1) is 11.3 Å². The molecular formula is C23H23ClN6OS2. The minimum Gasteiger partial charge on any atom is -0.376 e. The van der Waals surface area contributed by atoms with Crippen LogP contribution in [-0.4, -0.2) is 46.8 Å². The SMILES string of the molecule is C[C@@H]1OCC2(CCN(c3cnc(Sc4cccc(-c5nc(C#N)cs5)c4Cl)cn3)CC2)[C@@H]1N. The molecule has 10 heteroatoms. The number of hydrogen-bond acceptors (Lipinski definition) is 9. The molecule has 2 atom stereocenters. The number of nitriles is 1. The van der Waals surface area contributed by atoms with E-state index in [1.165, 1.54) is 23.1 Å². The third-order valence-electron chi connectivity index (χ3n) is 6.57. The molecule has 0 amide bonds. The summed E-state index contributed by atoms with van der Waals surface area (Å²) in [6.45, 7) is 4.62. The van der Waals surface area contributed by atoms with Gasteiger partial charge >= 0.3 is 0 Å². The van der Waals surface area contributed by atoms with Crippen molar-refractivity contribution >= 4 is 40.5 Å². The van der Waals surface area contributed by atoms with Crippen molar-refractivity contribution in [3.63, 3.8) is 0 Å². The number of hydrogen-bond donors (Lipinski definition) is 1. The van der Waals surface area contributed by atoms with Crippen LogP contribution in [0.25, 0.3) is 10.6 Å². The van der Waals surface area contributed by atoms with Crippen molar-refractivity contribution in [1.82, 2.24) is 15.0 Å². The Kier molecular flexibility index (Phi) is 6.29. The summed E-state index contributed by atoms with van der Waals surface area (Å²) in [6.07, 6.45) is 5.75. The molecule has 2 aliphatic rings. The van der Waals surface area contributed by atoms with E-state index in [0.29, 0.717) is 10.7 Å². The number of thiazole rings is 1. The summed E-state index contributed by atoms with van der Waals surface area (Å²) in [4.78, 5) is 16.7. The number of halogens is 1. The summed E-state index contributed by atoms with van der Waals surface area (Å²) in [5.74, 6) is 0.876. The number of aromatic nitrogens is 3. The van der Waals surface area contributed by atoms with Gasteiger partial charge < -0.3 is 15.4 Å². The van der Waals surface area contributed by atoms with Crippen LogP contribution >= 0.6 is 34.7 Å². The third kappa shape index (κ3) is 4.34. The van der Waals surface area contributed by atoms with Gasteiger partial charge in [0.1, 0.15) is 21.9 Å². The molecule has 5 rings (SSSR count). The van der Waals surface area contributed by atoms with E-state index in [2.05, 4.69) is 32.8 Å². The molecule has 33 heavy (non-hydrogen) atoms. The monoisotopic (exact) mass is 498 g/mol. The highest BCUT2D eigenvalue weighted by Crippen LogP contribution is 2.42. The van der Waals surface area contributed by atoms with Crippen LogP contribution in [0.15, 0.2) is 45.9 Å². The van der Waals surface area contributed by atoms with Crippen molar-refractivity contribution < 1.29 is 4.74 Å². The molecule has 170 valence electrons. The van der Waals surface area contributed by atoms with Crippen LogP contribution in [0.2, 0.25) is 5.02 Å². The Balaban J connectivity index is 1.27. The van der Waals surface area contributed by atoms with Crippen LogP contribution in [0, 0.1) is 16.7 Å². The maximum absolute atomic E-state index is 9.04. The Hall–Kier alpha value is -2.22. The van der Waals surface area contributed by atoms with Crippen LogP contribution in [0.4, 0.5) is 5.82 Å². The van der Waals surface area contributed by atoms with Crippen molar-refractivity contribution in [1.29, 1.82) is 5.26 Å². The van der Waals surface area contributed by atoms with Crippen molar-refractivity contribution in [3.8, 4) is 16.6 Å². The van der Waals surface area contributed by atoms with E-state index in [1.54, 1.807) is 11.6 Å². The second kappa shape index (κ2) is 9.20. The van der Waals surface area contributed by atoms with Crippen LogP contribution in [0.1, 0.15) is 25.5 Å².